The van der Waals surface area contributed by atoms with Gasteiger partial charge in [-0.05, 0) is 13.3 Å². The molecule has 0 aromatic heterocycles. The van der Waals surface area contributed by atoms with Crippen molar-refractivity contribution in [2.45, 2.75) is 53.4 Å². The van der Waals surface area contributed by atoms with E-state index in [0.717, 1.165) is 6.42 Å². The van der Waals surface area contributed by atoms with Crippen LogP contribution in [-0.4, -0.2) is 0 Å². The van der Waals surface area contributed by atoms with E-state index in [2.05, 4.69) is 32.9 Å². The predicted molar refractivity (Wildman–Crippen MR) is 50.3 cm³/mol. The highest BCUT2D eigenvalue weighted by molar-refractivity contribution is 4.73. The van der Waals surface area contributed by atoms with Crippen molar-refractivity contribution in [2.24, 2.45) is 0 Å². The summed E-state index contributed by atoms with van der Waals surface area (Å²) in [6.07, 6.45) is 9.42. The molecule has 0 aliphatic heterocycles. The first-order valence-corrected chi connectivity index (χ1v) is 4.44. The average Bonchev–Trinajstić information content (AvgIpc) is 1.93. The zero-order chi connectivity index (χ0) is 8.24. The van der Waals surface area contributed by atoms with Crippen molar-refractivity contribution in [3.63, 3.8) is 0 Å². The van der Waals surface area contributed by atoms with E-state index in [4.69, 9.17) is 0 Å². The molecule has 0 bridgehead atoms. The van der Waals surface area contributed by atoms with Gasteiger partial charge in [0.05, 0.1) is 0 Å². The van der Waals surface area contributed by atoms with Gasteiger partial charge in [0.15, 0.2) is 0 Å². The Balaban J connectivity index is 0. The summed E-state index contributed by atoms with van der Waals surface area (Å²) < 4.78 is 0. The van der Waals surface area contributed by atoms with E-state index >= 15 is 0 Å². The van der Waals surface area contributed by atoms with Crippen LogP contribution in [0.15, 0.2) is 12.2 Å². The summed E-state index contributed by atoms with van der Waals surface area (Å²) in [6, 6.07) is 0. The zero-order valence-electron chi connectivity index (χ0n) is 7.98. The van der Waals surface area contributed by atoms with Crippen molar-refractivity contribution in [1.29, 1.82) is 0 Å². The van der Waals surface area contributed by atoms with Gasteiger partial charge < -0.3 is 0 Å². The Morgan fingerprint density at radius 1 is 1.00 bits per heavy atom. The quantitative estimate of drug-likeness (QED) is 0.519. The van der Waals surface area contributed by atoms with Crippen LogP contribution in [0, 0.1) is 0 Å². The Morgan fingerprint density at radius 2 is 1.50 bits per heavy atom. The molecule has 62 valence electrons. The van der Waals surface area contributed by atoms with Crippen molar-refractivity contribution in [3.05, 3.63) is 12.2 Å². The number of hydrogen-bond acceptors (Lipinski definition) is 0. The molecule has 0 radical (unpaired) electrons. The van der Waals surface area contributed by atoms with E-state index < -0.39 is 0 Å². The second-order valence-corrected chi connectivity index (χ2v) is 2.33. The van der Waals surface area contributed by atoms with Crippen LogP contribution < -0.4 is 0 Å². The molecule has 0 N–H and O–H groups in total. The Kier molecular flexibility index (Phi) is 19.7. The first kappa shape index (κ1) is 12.4. The van der Waals surface area contributed by atoms with E-state index in [1.807, 2.05) is 6.92 Å². The van der Waals surface area contributed by atoms with Crippen LogP contribution in [0.1, 0.15) is 53.4 Å². The van der Waals surface area contributed by atoms with E-state index in [0.29, 0.717) is 0 Å². The van der Waals surface area contributed by atoms with Crippen molar-refractivity contribution in [3.8, 4) is 0 Å². The van der Waals surface area contributed by atoms with Gasteiger partial charge in [0.1, 0.15) is 0 Å². The van der Waals surface area contributed by atoms with E-state index in [1.54, 1.807) is 0 Å². The molecule has 0 heterocycles. The summed E-state index contributed by atoms with van der Waals surface area (Å²) in [5.41, 5.74) is 0. The van der Waals surface area contributed by atoms with Crippen molar-refractivity contribution < 1.29 is 0 Å². The molecule has 0 rings (SSSR count). The molecular formula is C10H22. The monoisotopic (exact) mass is 142 g/mol. The minimum absolute atomic E-state index is 1.16. The zero-order valence-corrected chi connectivity index (χ0v) is 7.98. The molecule has 0 fully saturated rings. The summed E-state index contributed by atoms with van der Waals surface area (Å²) in [5.74, 6) is 0. The van der Waals surface area contributed by atoms with Gasteiger partial charge in [0.25, 0.3) is 0 Å². The highest BCUT2D eigenvalue weighted by Gasteiger charge is 1.68. The fourth-order valence-corrected chi connectivity index (χ4v) is 0.589. The van der Waals surface area contributed by atoms with Crippen LogP contribution in [0.25, 0.3) is 0 Å². The van der Waals surface area contributed by atoms with Gasteiger partial charge in [-0.15, -0.1) is 0 Å². The molecule has 0 aromatic carbocycles. The molecule has 10 heavy (non-hydrogen) atoms. The maximum atomic E-state index is 2.21. The Bertz CT molecular complexity index is 51.1. The largest absolute Gasteiger partial charge is 0.0917 e. The standard InChI is InChI=1S/C5H12.C5H10/c2*1-3-5-4-2/h3-5H2,1-2H3;3,5H,4H2,1-2H3/b;5-3+. The molecule has 0 heteroatoms. The number of allylic oxidation sites excluding steroid dienone is 2. The molecule has 0 saturated carbocycles. The molecule has 0 unspecified atom stereocenters. The van der Waals surface area contributed by atoms with Gasteiger partial charge in [0, 0.05) is 0 Å². The lowest BCUT2D eigenvalue weighted by Gasteiger charge is -1.79. The molecule has 0 saturated heterocycles. The third-order valence-electron chi connectivity index (χ3n) is 1.18. The highest BCUT2D eigenvalue weighted by Crippen LogP contribution is 1.88. The first-order chi connectivity index (χ1) is 4.83. The summed E-state index contributed by atoms with van der Waals surface area (Å²) in [5, 5.41) is 0. The third kappa shape index (κ3) is 25.1. The van der Waals surface area contributed by atoms with E-state index in [9.17, 15) is 0 Å². The molecule has 0 amide bonds. The van der Waals surface area contributed by atoms with Crippen LogP contribution in [0.5, 0.6) is 0 Å². The smallest absolute Gasteiger partial charge is 0.0379 e. The Morgan fingerprint density at radius 3 is 1.50 bits per heavy atom. The number of hydrogen-bond donors (Lipinski definition) is 0. The minimum Gasteiger partial charge on any atom is -0.0917 e. The van der Waals surface area contributed by atoms with E-state index in [1.165, 1.54) is 19.3 Å². The summed E-state index contributed by atoms with van der Waals surface area (Å²) in [6.45, 7) is 8.58. The van der Waals surface area contributed by atoms with Gasteiger partial charge in [-0.25, -0.2) is 0 Å². The molecule has 0 nitrogen and oxygen atoms in total. The Hall–Kier alpha value is -0.260. The highest BCUT2D eigenvalue weighted by atomic mass is 13.7. The molecular weight excluding hydrogens is 120 g/mol. The third-order valence-corrected chi connectivity index (χ3v) is 1.18. The fourth-order valence-electron chi connectivity index (χ4n) is 0.589. The van der Waals surface area contributed by atoms with Gasteiger partial charge in [-0.2, -0.15) is 0 Å². The topological polar surface area (TPSA) is 0 Å². The summed E-state index contributed by atoms with van der Waals surface area (Å²) in [4.78, 5) is 0. The number of unbranched alkanes of at least 4 members (excludes halogenated alkanes) is 2. The van der Waals surface area contributed by atoms with Crippen molar-refractivity contribution in [2.75, 3.05) is 0 Å². The predicted octanol–water partition coefficient (Wildman–Crippen LogP) is 4.17. The average molecular weight is 142 g/mol. The maximum absolute atomic E-state index is 2.21. The van der Waals surface area contributed by atoms with Gasteiger partial charge in [-0.1, -0.05) is 52.2 Å². The van der Waals surface area contributed by atoms with Gasteiger partial charge in [0.2, 0.25) is 0 Å². The second-order valence-electron chi connectivity index (χ2n) is 2.33. The lowest BCUT2D eigenvalue weighted by Crippen LogP contribution is -1.59. The van der Waals surface area contributed by atoms with Crippen LogP contribution in [0.4, 0.5) is 0 Å². The van der Waals surface area contributed by atoms with Gasteiger partial charge in [-0.3, -0.25) is 0 Å². The lowest BCUT2D eigenvalue weighted by atomic mass is 10.3. The maximum Gasteiger partial charge on any atom is -0.0379 e. The van der Waals surface area contributed by atoms with Crippen molar-refractivity contribution >= 4 is 0 Å². The SMILES string of the molecule is C/C=C/CC.CCCCC. The molecule has 0 aliphatic rings. The van der Waals surface area contributed by atoms with Crippen LogP contribution in [0.2, 0.25) is 0 Å². The second kappa shape index (κ2) is 15.9. The Labute approximate surface area is 66.3 Å². The van der Waals surface area contributed by atoms with Crippen molar-refractivity contribution in [1.82, 2.24) is 0 Å². The first-order valence-electron chi connectivity index (χ1n) is 4.44. The molecule has 0 aliphatic carbocycles. The minimum atomic E-state index is 1.16. The van der Waals surface area contributed by atoms with Gasteiger partial charge >= 0.3 is 0 Å². The van der Waals surface area contributed by atoms with Crippen LogP contribution in [0.3, 0.4) is 0 Å². The normalized spacial score (nSPS) is 9.20. The number of rotatable bonds is 3. The fraction of sp³-hybridized carbons (Fsp3) is 0.800. The summed E-state index contributed by atoms with van der Waals surface area (Å²) >= 11 is 0. The molecule has 0 aromatic rings. The van der Waals surface area contributed by atoms with Crippen LogP contribution in [-0.2, 0) is 0 Å². The lowest BCUT2D eigenvalue weighted by molar-refractivity contribution is 0.772. The summed E-state index contributed by atoms with van der Waals surface area (Å²) in [7, 11) is 0. The van der Waals surface area contributed by atoms with E-state index in [-0.39, 0.29) is 0 Å². The molecule has 0 spiro atoms. The van der Waals surface area contributed by atoms with Crippen LogP contribution >= 0.6 is 0 Å². The molecule has 0 atom stereocenters.